The quantitative estimate of drug-likeness (QED) is 0.798. The Morgan fingerprint density at radius 3 is 2.83 bits per heavy atom. The van der Waals surface area contributed by atoms with Gasteiger partial charge in [0.15, 0.2) is 0 Å². The molecule has 23 heavy (non-hydrogen) atoms. The van der Waals surface area contributed by atoms with E-state index in [1.54, 1.807) is 17.9 Å². The Hall–Kier alpha value is -2.08. The van der Waals surface area contributed by atoms with Gasteiger partial charge in [0.25, 0.3) is 0 Å². The van der Waals surface area contributed by atoms with Gasteiger partial charge in [0.05, 0.1) is 0 Å². The molecule has 3 amide bonds. The molecule has 0 radical (unpaired) electrons. The van der Waals surface area contributed by atoms with Crippen molar-refractivity contribution in [2.75, 3.05) is 30.3 Å². The summed E-state index contributed by atoms with van der Waals surface area (Å²) in [4.78, 5) is 25.6. The Labute approximate surface area is 136 Å². The number of amides is 3. The van der Waals surface area contributed by atoms with Crippen molar-refractivity contribution in [2.45, 2.75) is 33.1 Å². The molecule has 0 aliphatic carbocycles. The van der Waals surface area contributed by atoms with E-state index < -0.39 is 0 Å². The molecule has 1 fully saturated rings. The molecule has 1 heterocycles. The van der Waals surface area contributed by atoms with Crippen molar-refractivity contribution in [2.24, 2.45) is 5.92 Å². The number of aliphatic hydroxyl groups excluding tert-OH is 1. The van der Waals surface area contributed by atoms with E-state index in [0.717, 1.165) is 18.4 Å². The van der Waals surface area contributed by atoms with Crippen LogP contribution in [-0.4, -0.2) is 41.6 Å². The number of nitrogens with zero attached hydrogens (tertiary/aromatic N) is 1. The average molecular weight is 319 g/mol. The maximum atomic E-state index is 12.4. The molecule has 1 atom stereocenters. The third kappa shape index (κ3) is 4.69. The van der Waals surface area contributed by atoms with Crippen LogP contribution in [0.4, 0.5) is 16.2 Å². The zero-order valence-corrected chi connectivity index (χ0v) is 13.8. The number of anilines is 2. The van der Waals surface area contributed by atoms with Crippen molar-refractivity contribution < 1.29 is 14.7 Å². The highest BCUT2D eigenvalue weighted by molar-refractivity contribution is 5.94. The summed E-state index contributed by atoms with van der Waals surface area (Å²) < 4.78 is 0. The zero-order chi connectivity index (χ0) is 16.8. The van der Waals surface area contributed by atoms with Gasteiger partial charge in [0, 0.05) is 37.5 Å². The van der Waals surface area contributed by atoms with E-state index in [-0.39, 0.29) is 24.5 Å². The Bertz CT molecular complexity index is 574. The number of nitrogens with one attached hydrogen (secondary N) is 2. The average Bonchev–Trinajstić information content (AvgIpc) is 2.57. The lowest BCUT2D eigenvalue weighted by Crippen LogP contribution is -2.43. The number of carbonyl (C=O) groups is 2. The third-order valence-electron chi connectivity index (χ3n) is 4.15. The smallest absolute Gasteiger partial charge is 0.321 e. The van der Waals surface area contributed by atoms with Gasteiger partial charge >= 0.3 is 6.03 Å². The molecule has 0 bridgehead atoms. The maximum absolute atomic E-state index is 12.4. The molecular weight excluding hydrogens is 294 g/mol. The lowest BCUT2D eigenvalue weighted by Gasteiger charge is -2.32. The third-order valence-corrected chi connectivity index (χ3v) is 4.15. The Morgan fingerprint density at radius 1 is 1.35 bits per heavy atom. The van der Waals surface area contributed by atoms with Crippen molar-refractivity contribution >= 4 is 23.3 Å². The van der Waals surface area contributed by atoms with Crippen LogP contribution in [0.1, 0.15) is 31.7 Å². The van der Waals surface area contributed by atoms with E-state index >= 15 is 0 Å². The molecule has 0 saturated carbocycles. The maximum Gasteiger partial charge on any atom is 0.321 e. The van der Waals surface area contributed by atoms with Crippen LogP contribution >= 0.6 is 0 Å². The van der Waals surface area contributed by atoms with Crippen molar-refractivity contribution in [3.63, 3.8) is 0 Å². The van der Waals surface area contributed by atoms with E-state index in [0.29, 0.717) is 30.9 Å². The van der Waals surface area contributed by atoms with Crippen LogP contribution in [0.3, 0.4) is 0 Å². The van der Waals surface area contributed by atoms with E-state index in [2.05, 4.69) is 10.6 Å². The molecule has 1 aromatic carbocycles. The van der Waals surface area contributed by atoms with E-state index in [9.17, 15) is 14.7 Å². The molecule has 0 spiro atoms. The highest BCUT2D eigenvalue weighted by Crippen LogP contribution is 2.22. The summed E-state index contributed by atoms with van der Waals surface area (Å²) in [5.41, 5.74) is 2.29. The summed E-state index contributed by atoms with van der Waals surface area (Å²) in [6.07, 6.45) is 2.27. The first-order chi connectivity index (χ1) is 11.0. The fraction of sp³-hybridized carbons (Fsp3) is 0.529. The first-order valence-electron chi connectivity index (χ1n) is 8.10. The predicted molar refractivity (Wildman–Crippen MR) is 90.5 cm³/mol. The number of rotatable bonds is 4. The fourth-order valence-corrected chi connectivity index (χ4v) is 2.68. The second kappa shape index (κ2) is 7.97. The lowest BCUT2D eigenvalue weighted by atomic mass is 9.99. The molecule has 0 aromatic heterocycles. The molecule has 2 rings (SSSR count). The number of carbonyl (C=O) groups excluding carboxylic acids is 2. The van der Waals surface area contributed by atoms with Crippen LogP contribution in [0, 0.1) is 12.8 Å². The Morgan fingerprint density at radius 2 is 2.13 bits per heavy atom. The Kier molecular flexibility index (Phi) is 5.98. The standard InChI is InChI=1S/C17H25N3O3/c1-3-16(22)18-14-7-6-12(2)15(9-14)19-17(23)20-8-4-5-13(10-20)11-21/h6-7,9,13,21H,3-5,8,10-11H2,1-2H3,(H,18,22)(H,19,23). The normalized spacial score (nSPS) is 17.7. The largest absolute Gasteiger partial charge is 0.396 e. The molecule has 1 aliphatic heterocycles. The van der Waals surface area contributed by atoms with Crippen LogP contribution < -0.4 is 10.6 Å². The minimum absolute atomic E-state index is 0.0621. The van der Waals surface area contributed by atoms with Gasteiger partial charge in [-0.25, -0.2) is 4.79 Å². The van der Waals surface area contributed by atoms with Crippen molar-refractivity contribution in [3.05, 3.63) is 23.8 Å². The molecule has 1 aliphatic rings. The molecule has 1 aromatic rings. The van der Waals surface area contributed by atoms with Crippen molar-refractivity contribution in [1.82, 2.24) is 4.90 Å². The predicted octanol–water partition coefficient (Wildman–Crippen LogP) is 2.58. The van der Waals surface area contributed by atoms with Gasteiger partial charge in [0.1, 0.15) is 0 Å². The SMILES string of the molecule is CCC(=O)Nc1ccc(C)c(NC(=O)N2CCCC(CO)C2)c1. The van der Waals surface area contributed by atoms with Gasteiger partial charge < -0.3 is 20.6 Å². The molecule has 1 unspecified atom stereocenters. The second-order valence-electron chi connectivity index (χ2n) is 6.00. The van der Waals surface area contributed by atoms with Gasteiger partial charge in [-0.05, 0) is 43.4 Å². The van der Waals surface area contributed by atoms with Crippen LogP contribution in [0.25, 0.3) is 0 Å². The molecule has 6 nitrogen and oxygen atoms in total. The number of likely N-dealkylation sites (tertiary alicyclic amines) is 1. The van der Waals surface area contributed by atoms with Crippen LogP contribution in [0.5, 0.6) is 0 Å². The number of aryl methyl sites for hydroxylation is 1. The number of aliphatic hydroxyl groups is 1. The fourth-order valence-electron chi connectivity index (χ4n) is 2.68. The molecule has 3 N–H and O–H groups in total. The van der Waals surface area contributed by atoms with E-state index in [1.165, 1.54) is 0 Å². The summed E-state index contributed by atoms with van der Waals surface area (Å²) in [7, 11) is 0. The minimum atomic E-state index is -0.162. The molecule has 1 saturated heterocycles. The first-order valence-corrected chi connectivity index (χ1v) is 8.10. The van der Waals surface area contributed by atoms with Crippen molar-refractivity contribution in [3.8, 4) is 0 Å². The summed E-state index contributed by atoms with van der Waals surface area (Å²) in [6.45, 7) is 5.09. The van der Waals surface area contributed by atoms with E-state index in [4.69, 9.17) is 0 Å². The summed E-state index contributed by atoms with van der Waals surface area (Å²) >= 11 is 0. The monoisotopic (exact) mass is 319 g/mol. The van der Waals surface area contributed by atoms with Gasteiger partial charge in [-0.15, -0.1) is 0 Å². The highest BCUT2D eigenvalue weighted by Gasteiger charge is 2.23. The van der Waals surface area contributed by atoms with Crippen LogP contribution in [0.2, 0.25) is 0 Å². The summed E-state index contributed by atoms with van der Waals surface area (Å²) in [5.74, 6) is 0.0960. The summed E-state index contributed by atoms with van der Waals surface area (Å²) in [6, 6.07) is 5.30. The van der Waals surface area contributed by atoms with Gasteiger partial charge in [-0.2, -0.15) is 0 Å². The Balaban J connectivity index is 2.04. The van der Waals surface area contributed by atoms with Gasteiger partial charge in [-0.1, -0.05) is 13.0 Å². The molecule has 126 valence electrons. The van der Waals surface area contributed by atoms with Crippen LogP contribution in [-0.2, 0) is 4.79 Å². The highest BCUT2D eigenvalue weighted by atomic mass is 16.3. The number of benzene rings is 1. The second-order valence-corrected chi connectivity index (χ2v) is 6.00. The topological polar surface area (TPSA) is 81.7 Å². The molecule has 6 heteroatoms. The van der Waals surface area contributed by atoms with Gasteiger partial charge in [-0.3, -0.25) is 4.79 Å². The summed E-state index contributed by atoms with van der Waals surface area (Å²) in [5, 5.41) is 15.0. The first kappa shape index (κ1) is 17.3. The number of urea groups is 1. The number of piperidine rings is 1. The minimum Gasteiger partial charge on any atom is -0.396 e. The van der Waals surface area contributed by atoms with Crippen molar-refractivity contribution in [1.29, 1.82) is 0 Å². The number of hydrogen-bond acceptors (Lipinski definition) is 3. The zero-order valence-electron chi connectivity index (χ0n) is 13.8. The van der Waals surface area contributed by atoms with Gasteiger partial charge in [0.2, 0.25) is 5.91 Å². The number of hydrogen-bond donors (Lipinski definition) is 3. The lowest BCUT2D eigenvalue weighted by molar-refractivity contribution is -0.115. The molecular formula is C17H25N3O3. The van der Waals surface area contributed by atoms with E-state index in [1.807, 2.05) is 19.1 Å². The van der Waals surface area contributed by atoms with Crippen LogP contribution in [0.15, 0.2) is 18.2 Å².